The van der Waals surface area contributed by atoms with Crippen LogP contribution in [-0.4, -0.2) is 20.5 Å². The monoisotopic (exact) mass is 390 g/mol. The average Bonchev–Trinajstić information content (AvgIpc) is 2.94. The summed E-state index contributed by atoms with van der Waals surface area (Å²) in [5.41, 5.74) is 5.61. The highest BCUT2D eigenvalue weighted by Crippen LogP contribution is 2.21. The largest absolute Gasteiger partial charge is 0.352 e. The van der Waals surface area contributed by atoms with Crippen molar-refractivity contribution in [1.29, 1.82) is 0 Å². The number of rotatable bonds is 5. The molecule has 1 N–H and O–H groups in total. The molecule has 0 bridgehead atoms. The summed E-state index contributed by atoms with van der Waals surface area (Å²) in [5.74, 6) is -0.0356. The lowest BCUT2D eigenvalue weighted by atomic mass is 10.1. The molecule has 0 aliphatic carbocycles. The van der Waals surface area contributed by atoms with Crippen LogP contribution in [0.4, 0.5) is 0 Å². The first-order valence-corrected chi connectivity index (χ1v) is 9.14. The van der Waals surface area contributed by atoms with Crippen LogP contribution in [0.15, 0.2) is 24.3 Å². The fraction of sp³-hybridized carbons (Fsp3) is 0.316. The van der Waals surface area contributed by atoms with Crippen molar-refractivity contribution in [1.82, 2.24) is 19.9 Å². The number of hydrogen-bond acceptors (Lipinski definition) is 3. The standard InChI is InChI=1S/C19H20Cl2N4O/c1-11-8-18-23-12(2)16(13(3)25(18)24-11)6-7-19(26)22-10-14-4-5-15(20)9-17(14)21/h4-5,8-9H,6-7,10H2,1-3H3,(H,22,26). The van der Waals surface area contributed by atoms with Gasteiger partial charge in [-0.3, -0.25) is 4.79 Å². The number of amides is 1. The third kappa shape index (κ3) is 4.00. The molecule has 0 spiro atoms. The van der Waals surface area contributed by atoms with E-state index in [9.17, 15) is 4.79 Å². The van der Waals surface area contributed by atoms with Gasteiger partial charge in [0, 0.05) is 40.5 Å². The highest BCUT2D eigenvalue weighted by molar-refractivity contribution is 6.35. The number of nitrogens with one attached hydrogen (secondary N) is 1. The zero-order chi connectivity index (χ0) is 18.8. The smallest absolute Gasteiger partial charge is 0.220 e. The van der Waals surface area contributed by atoms with E-state index in [1.165, 1.54) is 0 Å². The summed E-state index contributed by atoms with van der Waals surface area (Å²) in [6.07, 6.45) is 0.986. The van der Waals surface area contributed by atoms with Crippen LogP contribution in [0.2, 0.25) is 10.0 Å². The molecule has 0 radical (unpaired) electrons. The maximum atomic E-state index is 12.2. The van der Waals surface area contributed by atoms with Crippen LogP contribution in [0, 0.1) is 20.8 Å². The maximum absolute atomic E-state index is 12.2. The number of aryl methyl sites for hydroxylation is 3. The van der Waals surface area contributed by atoms with E-state index in [0.29, 0.717) is 29.4 Å². The molecule has 5 nitrogen and oxygen atoms in total. The zero-order valence-corrected chi connectivity index (χ0v) is 16.4. The van der Waals surface area contributed by atoms with Crippen molar-refractivity contribution < 1.29 is 4.79 Å². The lowest BCUT2D eigenvalue weighted by Crippen LogP contribution is -2.23. The topological polar surface area (TPSA) is 59.3 Å². The van der Waals surface area contributed by atoms with Gasteiger partial charge < -0.3 is 5.32 Å². The molecular weight excluding hydrogens is 371 g/mol. The van der Waals surface area contributed by atoms with Gasteiger partial charge in [0.1, 0.15) is 0 Å². The number of carbonyl (C=O) groups is 1. The minimum Gasteiger partial charge on any atom is -0.352 e. The molecule has 0 unspecified atom stereocenters. The van der Waals surface area contributed by atoms with Gasteiger partial charge in [0.15, 0.2) is 5.65 Å². The minimum atomic E-state index is -0.0356. The van der Waals surface area contributed by atoms with E-state index in [4.69, 9.17) is 23.2 Å². The Kier molecular flexibility index (Phi) is 5.49. The molecule has 1 aromatic carbocycles. The van der Waals surface area contributed by atoms with Crippen LogP contribution < -0.4 is 5.32 Å². The van der Waals surface area contributed by atoms with E-state index in [2.05, 4.69) is 15.4 Å². The molecule has 0 atom stereocenters. The predicted molar refractivity (Wildman–Crippen MR) is 104 cm³/mol. The van der Waals surface area contributed by atoms with Gasteiger partial charge >= 0.3 is 0 Å². The lowest BCUT2D eigenvalue weighted by Gasteiger charge is -2.11. The Balaban J connectivity index is 1.65. The van der Waals surface area contributed by atoms with Crippen LogP contribution in [0.1, 0.15) is 34.6 Å². The van der Waals surface area contributed by atoms with E-state index in [1.807, 2.05) is 37.4 Å². The molecule has 3 aromatic rings. The molecule has 136 valence electrons. The predicted octanol–water partition coefficient (Wildman–Crippen LogP) is 4.21. The van der Waals surface area contributed by atoms with Crippen molar-refractivity contribution >= 4 is 34.8 Å². The molecule has 0 fully saturated rings. The normalized spacial score (nSPS) is 11.1. The summed E-state index contributed by atoms with van der Waals surface area (Å²) in [6, 6.07) is 7.20. The van der Waals surface area contributed by atoms with E-state index < -0.39 is 0 Å². The van der Waals surface area contributed by atoms with E-state index in [0.717, 1.165) is 33.9 Å². The molecule has 0 aliphatic heterocycles. The number of halogens is 2. The van der Waals surface area contributed by atoms with Crippen molar-refractivity contribution in [3.05, 3.63) is 62.5 Å². The van der Waals surface area contributed by atoms with Gasteiger partial charge in [0.2, 0.25) is 5.91 Å². The lowest BCUT2D eigenvalue weighted by molar-refractivity contribution is -0.121. The fourth-order valence-corrected chi connectivity index (χ4v) is 3.46. The van der Waals surface area contributed by atoms with Crippen LogP contribution in [-0.2, 0) is 17.8 Å². The van der Waals surface area contributed by atoms with Gasteiger partial charge in [0.05, 0.1) is 5.69 Å². The molecule has 1 amide bonds. The van der Waals surface area contributed by atoms with Gasteiger partial charge in [-0.1, -0.05) is 29.3 Å². The highest BCUT2D eigenvalue weighted by atomic mass is 35.5. The molecule has 0 aliphatic rings. The molecule has 3 rings (SSSR count). The highest BCUT2D eigenvalue weighted by Gasteiger charge is 2.13. The van der Waals surface area contributed by atoms with Crippen molar-refractivity contribution in [2.75, 3.05) is 0 Å². The summed E-state index contributed by atoms with van der Waals surface area (Å²) in [7, 11) is 0. The Morgan fingerprint density at radius 3 is 2.69 bits per heavy atom. The molecule has 0 saturated heterocycles. The molecular formula is C19H20Cl2N4O. The van der Waals surface area contributed by atoms with Crippen molar-refractivity contribution in [3.8, 4) is 0 Å². The SMILES string of the molecule is Cc1cc2nc(C)c(CCC(=O)NCc3ccc(Cl)cc3Cl)c(C)n2n1. The van der Waals surface area contributed by atoms with E-state index in [-0.39, 0.29) is 5.91 Å². The van der Waals surface area contributed by atoms with Gasteiger partial charge in [-0.25, -0.2) is 9.50 Å². The first kappa shape index (κ1) is 18.7. The first-order valence-electron chi connectivity index (χ1n) is 8.38. The quantitative estimate of drug-likeness (QED) is 0.709. The Bertz CT molecular complexity index is 981. The van der Waals surface area contributed by atoms with E-state index >= 15 is 0 Å². The Labute approximate surface area is 162 Å². The van der Waals surface area contributed by atoms with E-state index in [1.54, 1.807) is 12.1 Å². The van der Waals surface area contributed by atoms with Crippen LogP contribution in [0.3, 0.4) is 0 Å². The maximum Gasteiger partial charge on any atom is 0.220 e. The third-order valence-electron chi connectivity index (χ3n) is 4.38. The zero-order valence-electron chi connectivity index (χ0n) is 14.9. The molecule has 2 aromatic heterocycles. The second-order valence-electron chi connectivity index (χ2n) is 6.33. The number of fused-ring (bicyclic) bond motifs is 1. The minimum absolute atomic E-state index is 0.0356. The summed E-state index contributed by atoms with van der Waals surface area (Å²) < 4.78 is 1.84. The Morgan fingerprint density at radius 1 is 1.19 bits per heavy atom. The Morgan fingerprint density at radius 2 is 1.96 bits per heavy atom. The summed E-state index contributed by atoms with van der Waals surface area (Å²) in [4.78, 5) is 16.8. The number of aromatic nitrogens is 3. The second-order valence-corrected chi connectivity index (χ2v) is 7.17. The molecule has 2 heterocycles. The first-order chi connectivity index (χ1) is 12.3. The second kappa shape index (κ2) is 7.64. The van der Waals surface area contributed by atoms with Crippen LogP contribution >= 0.6 is 23.2 Å². The van der Waals surface area contributed by atoms with Gasteiger partial charge in [-0.05, 0) is 50.5 Å². The van der Waals surface area contributed by atoms with Crippen molar-refractivity contribution in [2.45, 2.75) is 40.2 Å². The number of benzene rings is 1. The summed E-state index contributed by atoms with van der Waals surface area (Å²) >= 11 is 12.0. The molecule has 7 heteroatoms. The van der Waals surface area contributed by atoms with Crippen molar-refractivity contribution in [2.24, 2.45) is 0 Å². The fourth-order valence-electron chi connectivity index (χ4n) is 2.99. The van der Waals surface area contributed by atoms with Crippen LogP contribution in [0.5, 0.6) is 0 Å². The van der Waals surface area contributed by atoms with Crippen LogP contribution in [0.25, 0.3) is 5.65 Å². The summed E-state index contributed by atoms with van der Waals surface area (Å²) in [5, 5.41) is 8.49. The molecule has 0 saturated carbocycles. The number of hydrogen-bond donors (Lipinski definition) is 1. The van der Waals surface area contributed by atoms with Gasteiger partial charge in [0.25, 0.3) is 0 Å². The number of nitrogens with zero attached hydrogens (tertiary/aromatic N) is 3. The van der Waals surface area contributed by atoms with Gasteiger partial charge in [-0.2, -0.15) is 5.10 Å². The molecule has 26 heavy (non-hydrogen) atoms. The number of carbonyl (C=O) groups excluding carboxylic acids is 1. The van der Waals surface area contributed by atoms with Gasteiger partial charge in [-0.15, -0.1) is 0 Å². The Hall–Kier alpha value is -2.11. The summed E-state index contributed by atoms with van der Waals surface area (Å²) in [6.45, 7) is 6.30. The average molecular weight is 391 g/mol. The third-order valence-corrected chi connectivity index (χ3v) is 4.97. The van der Waals surface area contributed by atoms with Crippen molar-refractivity contribution in [3.63, 3.8) is 0 Å².